The van der Waals surface area contributed by atoms with E-state index in [1.54, 1.807) is 0 Å². The number of hydrogen-bond acceptors (Lipinski definition) is 1. The van der Waals surface area contributed by atoms with Crippen molar-refractivity contribution < 1.29 is 4.79 Å². The molecular formula is C18H14NO. The molecule has 0 aliphatic heterocycles. The van der Waals surface area contributed by atoms with Crippen LogP contribution in [0.2, 0.25) is 0 Å². The Morgan fingerprint density at radius 2 is 1.70 bits per heavy atom. The standard InChI is InChI=1S/C18H14NO/c20-18(19-13-14-6-2-1-3-7-14)17-11-10-15-8-4-5-9-16(15)12-17/h2-12H,13H2,(H,19,20). The molecule has 3 aromatic rings. The van der Waals surface area contributed by atoms with Gasteiger partial charge in [-0.05, 0) is 34.5 Å². The second kappa shape index (κ2) is 5.57. The molecule has 0 saturated heterocycles. The Balaban J connectivity index is 1.75. The zero-order chi connectivity index (χ0) is 13.8. The summed E-state index contributed by atoms with van der Waals surface area (Å²) < 4.78 is 0. The summed E-state index contributed by atoms with van der Waals surface area (Å²) in [4.78, 5) is 12.1. The number of rotatable bonds is 3. The summed E-state index contributed by atoms with van der Waals surface area (Å²) in [6, 6.07) is 24.3. The number of fused-ring (bicyclic) bond motifs is 1. The minimum absolute atomic E-state index is 0.0522. The minimum atomic E-state index is -0.0522. The molecule has 0 aliphatic rings. The summed E-state index contributed by atoms with van der Waals surface area (Å²) in [7, 11) is 0. The molecule has 2 heteroatoms. The van der Waals surface area contributed by atoms with Crippen LogP contribution in [0.25, 0.3) is 10.8 Å². The van der Waals surface area contributed by atoms with E-state index in [9.17, 15) is 4.79 Å². The van der Waals surface area contributed by atoms with E-state index < -0.39 is 0 Å². The number of amides is 1. The topological polar surface area (TPSA) is 29.1 Å². The van der Waals surface area contributed by atoms with E-state index in [0.717, 1.165) is 16.3 Å². The number of nitrogens with one attached hydrogen (secondary N) is 1. The van der Waals surface area contributed by atoms with Gasteiger partial charge < -0.3 is 5.32 Å². The van der Waals surface area contributed by atoms with Gasteiger partial charge in [0.05, 0.1) is 0 Å². The second-order valence-corrected chi connectivity index (χ2v) is 4.65. The number of carbonyl (C=O) groups excluding carboxylic acids is 1. The van der Waals surface area contributed by atoms with Crippen molar-refractivity contribution in [3.05, 3.63) is 83.9 Å². The van der Waals surface area contributed by atoms with E-state index in [4.69, 9.17) is 0 Å². The molecule has 20 heavy (non-hydrogen) atoms. The molecule has 97 valence electrons. The van der Waals surface area contributed by atoms with Crippen molar-refractivity contribution >= 4 is 16.7 Å². The smallest absolute Gasteiger partial charge is 0.251 e. The number of benzene rings is 3. The van der Waals surface area contributed by atoms with Crippen LogP contribution in [0.4, 0.5) is 0 Å². The summed E-state index contributed by atoms with van der Waals surface area (Å²) >= 11 is 0. The zero-order valence-corrected chi connectivity index (χ0v) is 11.0. The predicted molar refractivity (Wildman–Crippen MR) is 80.4 cm³/mol. The third-order valence-electron chi connectivity index (χ3n) is 3.25. The van der Waals surface area contributed by atoms with Crippen LogP contribution < -0.4 is 5.32 Å². The van der Waals surface area contributed by atoms with Crippen LogP contribution in [-0.2, 0) is 6.54 Å². The van der Waals surface area contributed by atoms with Crippen LogP contribution in [0.1, 0.15) is 15.9 Å². The highest BCUT2D eigenvalue weighted by atomic mass is 16.1. The van der Waals surface area contributed by atoms with Crippen molar-refractivity contribution in [2.75, 3.05) is 0 Å². The minimum Gasteiger partial charge on any atom is -0.348 e. The zero-order valence-electron chi connectivity index (χ0n) is 11.0. The van der Waals surface area contributed by atoms with E-state index in [1.165, 1.54) is 0 Å². The maximum Gasteiger partial charge on any atom is 0.251 e. The second-order valence-electron chi connectivity index (χ2n) is 4.65. The molecular weight excluding hydrogens is 246 g/mol. The van der Waals surface area contributed by atoms with Crippen molar-refractivity contribution in [3.8, 4) is 0 Å². The molecule has 0 spiro atoms. The van der Waals surface area contributed by atoms with Crippen LogP contribution in [0.5, 0.6) is 0 Å². The Morgan fingerprint density at radius 3 is 2.50 bits per heavy atom. The first-order chi connectivity index (χ1) is 9.83. The third-order valence-corrected chi connectivity index (χ3v) is 3.25. The fourth-order valence-electron chi connectivity index (χ4n) is 2.15. The molecule has 1 N–H and O–H groups in total. The molecule has 0 aliphatic carbocycles. The Labute approximate surface area is 118 Å². The number of hydrogen-bond donors (Lipinski definition) is 1. The fourth-order valence-corrected chi connectivity index (χ4v) is 2.15. The quantitative estimate of drug-likeness (QED) is 0.766. The average molecular weight is 260 g/mol. The fraction of sp³-hybridized carbons (Fsp3) is 0.0556. The van der Waals surface area contributed by atoms with Crippen molar-refractivity contribution in [3.63, 3.8) is 0 Å². The first-order valence-corrected chi connectivity index (χ1v) is 6.55. The van der Waals surface area contributed by atoms with Gasteiger partial charge in [0, 0.05) is 12.1 Å². The van der Waals surface area contributed by atoms with Crippen molar-refractivity contribution in [2.45, 2.75) is 6.54 Å². The summed E-state index contributed by atoms with van der Waals surface area (Å²) in [6.07, 6.45) is 0. The van der Waals surface area contributed by atoms with Gasteiger partial charge in [0.1, 0.15) is 0 Å². The maximum absolute atomic E-state index is 12.1. The first kappa shape index (κ1) is 12.4. The SMILES string of the molecule is O=C(NCc1cc[c]cc1)c1ccc2ccccc2c1. The lowest BCUT2D eigenvalue weighted by Crippen LogP contribution is -2.22. The van der Waals surface area contributed by atoms with Crippen LogP contribution >= 0.6 is 0 Å². The molecule has 0 fully saturated rings. The highest BCUT2D eigenvalue weighted by Crippen LogP contribution is 2.15. The molecule has 0 aromatic heterocycles. The summed E-state index contributed by atoms with van der Waals surface area (Å²) in [5.41, 5.74) is 1.75. The van der Waals surface area contributed by atoms with Gasteiger partial charge in [0.2, 0.25) is 0 Å². The van der Waals surface area contributed by atoms with Gasteiger partial charge in [-0.1, -0.05) is 54.6 Å². The summed E-state index contributed by atoms with van der Waals surface area (Å²) in [6.45, 7) is 0.528. The molecule has 1 radical (unpaired) electrons. The lowest BCUT2D eigenvalue weighted by molar-refractivity contribution is 0.0951. The van der Waals surface area contributed by atoms with Crippen molar-refractivity contribution in [1.29, 1.82) is 0 Å². The molecule has 1 amide bonds. The molecule has 2 nitrogen and oxygen atoms in total. The van der Waals surface area contributed by atoms with Gasteiger partial charge in [0.25, 0.3) is 5.91 Å². The first-order valence-electron chi connectivity index (χ1n) is 6.55. The largest absolute Gasteiger partial charge is 0.348 e. The van der Waals surface area contributed by atoms with Crippen LogP contribution in [0.3, 0.4) is 0 Å². The van der Waals surface area contributed by atoms with Gasteiger partial charge >= 0.3 is 0 Å². The van der Waals surface area contributed by atoms with Crippen molar-refractivity contribution in [2.24, 2.45) is 0 Å². The van der Waals surface area contributed by atoms with Gasteiger partial charge in [-0.25, -0.2) is 0 Å². The molecule has 3 aromatic carbocycles. The highest BCUT2D eigenvalue weighted by Gasteiger charge is 2.05. The van der Waals surface area contributed by atoms with Gasteiger partial charge in [0.15, 0.2) is 0 Å². The normalized spacial score (nSPS) is 10.4. The molecule has 0 atom stereocenters. The predicted octanol–water partition coefficient (Wildman–Crippen LogP) is 3.57. The Kier molecular flexibility index (Phi) is 3.46. The molecule has 0 heterocycles. The van der Waals surface area contributed by atoms with Crippen LogP contribution in [-0.4, -0.2) is 5.91 Å². The van der Waals surface area contributed by atoms with Gasteiger partial charge in [-0.3, -0.25) is 4.79 Å². The average Bonchev–Trinajstić information content (AvgIpc) is 2.53. The number of carbonyl (C=O) groups is 1. The van der Waals surface area contributed by atoms with Crippen LogP contribution in [0.15, 0.2) is 66.7 Å². The Bertz CT molecular complexity index is 735. The monoisotopic (exact) mass is 260 g/mol. The summed E-state index contributed by atoms with van der Waals surface area (Å²) in [5.74, 6) is -0.0522. The van der Waals surface area contributed by atoms with Gasteiger partial charge in [-0.2, -0.15) is 0 Å². The molecule has 3 rings (SSSR count). The van der Waals surface area contributed by atoms with E-state index in [0.29, 0.717) is 12.1 Å². The van der Waals surface area contributed by atoms with Crippen molar-refractivity contribution in [1.82, 2.24) is 5.32 Å². The van der Waals surface area contributed by atoms with Crippen LogP contribution in [0, 0.1) is 6.07 Å². The molecule has 0 bridgehead atoms. The maximum atomic E-state index is 12.1. The Hall–Kier alpha value is -2.61. The van der Waals surface area contributed by atoms with E-state index in [1.807, 2.05) is 66.7 Å². The third kappa shape index (κ3) is 2.69. The molecule has 0 saturated carbocycles. The Morgan fingerprint density at radius 1 is 0.950 bits per heavy atom. The van der Waals surface area contributed by atoms with E-state index in [2.05, 4.69) is 11.4 Å². The van der Waals surface area contributed by atoms with E-state index in [-0.39, 0.29) is 5.91 Å². The molecule has 0 unspecified atom stereocenters. The summed E-state index contributed by atoms with van der Waals surface area (Å²) in [5, 5.41) is 5.15. The lowest BCUT2D eigenvalue weighted by Gasteiger charge is -2.06. The van der Waals surface area contributed by atoms with E-state index >= 15 is 0 Å². The lowest BCUT2D eigenvalue weighted by atomic mass is 10.1. The van der Waals surface area contributed by atoms with Gasteiger partial charge in [-0.15, -0.1) is 0 Å². The highest BCUT2D eigenvalue weighted by molar-refractivity contribution is 5.98.